The van der Waals surface area contributed by atoms with Gasteiger partial charge in [0.05, 0.1) is 5.92 Å². The number of benzene rings is 2. The average Bonchev–Trinajstić information content (AvgIpc) is 2.97. The van der Waals surface area contributed by atoms with Crippen LogP contribution in [0.1, 0.15) is 12.0 Å². The van der Waals surface area contributed by atoms with Gasteiger partial charge in [0.1, 0.15) is 5.82 Å². The van der Waals surface area contributed by atoms with Crippen molar-refractivity contribution in [3.8, 4) is 0 Å². The van der Waals surface area contributed by atoms with Crippen LogP contribution in [0.4, 0.5) is 10.1 Å². The molecule has 130 valence electrons. The minimum absolute atomic E-state index is 0.0763. The molecule has 1 aliphatic heterocycles. The van der Waals surface area contributed by atoms with Crippen molar-refractivity contribution in [3.05, 3.63) is 64.9 Å². The Balaban J connectivity index is 1.55. The summed E-state index contributed by atoms with van der Waals surface area (Å²) in [5.74, 6) is -0.938. The van der Waals surface area contributed by atoms with Crippen LogP contribution in [0.25, 0.3) is 0 Å². The molecule has 3 rings (SSSR count). The fourth-order valence-electron chi connectivity index (χ4n) is 2.90. The van der Waals surface area contributed by atoms with Crippen LogP contribution in [-0.2, 0) is 16.0 Å². The summed E-state index contributed by atoms with van der Waals surface area (Å²) in [6.45, 7) is 0.761. The van der Waals surface area contributed by atoms with Gasteiger partial charge in [-0.05, 0) is 42.3 Å². The highest BCUT2D eigenvalue weighted by molar-refractivity contribution is 6.30. The van der Waals surface area contributed by atoms with Gasteiger partial charge in [-0.2, -0.15) is 0 Å². The van der Waals surface area contributed by atoms with Crippen LogP contribution in [0.5, 0.6) is 0 Å². The Kier molecular flexibility index (Phi) is 5.34. The first-order valence-electron chi connectivity index (χ1n) is 8.10. The topological polar surface area (TPSA) is 49.4 Å². The van der Waals surface area contributed by atoms with Gasteiger partial charge in [0, 0.05) is 30.2 Å². The Morgan fingerprint density at radius 3 is 2.64 bits per heavy atom. The van der Waals surface area contributed by atoms with E-state index in [0.29, 0.717) is 35.8 Å². The fraction of sp³-hybridized carbons (Fsp3) is 0.263. The molecule has 2 aromatic carbocycles. The lowest BCUT2D eigenvalue weighted by molar-refractivity contribution is -0.128. The Morgan fingerprint density at radius 1 is 1.20 bits per heavy atom. The minimum atomic E-state index is -0.399. The number of likely N-dealkylation sites (tertiary alicyclic amines) is 1. The quantitative estimate of drug-likeness (QED) is 0.887. The van der Waals surface area contributed by atoms with E-state index in [1.807, 2.05) is 0 Å². The van der Waals surface area contributed by atoms with Crippen molar-refractivity contribution < 1.29 is 14.0 Å². The molecule has 0 aliphatic carbocycles. The van der Waals surface area contributed by atoms with Gasteiger partial charge in [-0.3, -0.25) is 9.59 Å². The lowest BCUT2D eigenvalue weighted by Crippen LogP contribution is -2.30. The number of amides is 2. The largest absolute Gasteiger partial charge is 0.342 e. The Labute approximate surface area is 150 Å². The molecule has 6 heteroatoms. The third-order valence-electron chi connectivity index (χ3n) is 4.31. The predicted octanol–water partition coefficient (Wildman–Crippen LogP) is 3.51. The van der Waals surface area contributed by atoms with E-state index in [2.05, 4.69) is 5.32 Å². The summed E-state index contributed by atoms with van der Waals surface area (Å²) in [5, 5.41) is 3.39. The van der Waals surface area contributed by atoms with Crippen LogP contribution >= 0.6 is 11.6 Å². The molecule has 1 atom stereocenters. The van der Waals surface area contributed by atoms with Crippen molar-refractivity contribution in [1.29, 1.82) is 0 Å². The third-order valence-corrected chi connectivity index (χ3v) is 4.56. The van der Waals surface area contributed by atoms with Gasteiger partial charge in [-0.1, -0.05) is 29.8 Å². The highest BCUT2D eigenvalue weighted by Crippen LogP contribution is 2.21. The molecule has 0 spiro atoms. The number of anilines is 1. The van der Waals surface area contributed by atoms with E-state index in [1.54, 1.807) is 47.4 Å². The number of nitrogens with one attached hydrogen (secondary N) is 1. The van der Waals surface area contributed by atoms with Crippen LogP contribution in [0.3, 0.4) is 0 Å². The first kappa shape index (κ1) is 17.4. The zero-order chi connectivity index (χ0) is 17.8. The van der Waals surface area contributed by atoms with E-state index in [1.165, 1.54) is 6.07 Å². The summed E-state index contributed by atoms with van der Waals surface area (Å²) in [6, 6.07) is 13.3. The minimum Gasteiger partial charge on any atom is -0.342 e. The van der Waals surface area contributed by atoms with Gasteiger partial charge in [0.2, 0.25) is 11.8 Å². The van der Waals surface area contributed by atoms with E-state index in [4.69, 9.17) is 11.6 Å². The van der Waals surface area contributed by atoms with E-state index < -0.39 is 5.92 Å². The number of hydrogen-bond donors (Lipinski definition) is 1. The lowest BCUT2D eigenvalue weighted by atomic mass is 10.1. The van der Waals surface area contributed by atoms with Crippen LogP contribution < -0.4 is 5.32 Å². The molecule has 2 amide bonds. The van der Waals surface area contributed by atoms with E-state index >= 15 is 0 Å². The van der Waals surface area contributed by atoms with Gasteiger partial charge in [-0.15, -0.1) is 0 Å². The van der Waals surface area contributed by atoms with Gasteiger partial charge in [0.25, 0.3) is 0 Å². The molecule has 0 aromatic heterocycles. The zero-order valence-electron chi connectivity index (χ0n) is 13.5. The molecule has 2 aromatic rings. The molecule has 1 fully saturated rings. The van der Waals surface area contributed by atoms with Crippen LogP contribution in [0, 0.1) is 11.7 Å². The maximum Gasteiger partial charge on any atom is 0.229 e. The lowest BCUT2D eigenvalue weighted by Gasteiger charge is -2.17. The van der Waals surface area contributed by atoms with Crippen molar-refractivity contribution in [2.45, 2.75) is 12.8 Å². The normalized spacial score (nSPS) is 17.0. The molecule has 1 aliphatic rings. The smallest absolute Gasteiger partial charge is 0.229 e. The molecule has 4 nitrogen and oxygen atoms in total. The number of rotatable bonds is 5. The second kappa shape index (κ2) is 7.66. The van der Waals surface area contributed by atoms with E-state index in [0.717, 1.165) is 0 Å². The highest BCUT2D eigenvalue weighted by atomic mass is 35.5. The van der Waals surface area contributed by atoms with Crippen molar-refractivity contribution in [2.24, 2.45) is 5.92 Å². The summed E-state index contributed by atoms with van der Waals surface area (Å²) in [5.41, 5.74) is 1.22. The predicted molar refractivity (Wildman–Crippen MR) is 94.9 cm³/mol. The standard InChI is InChI=1S/C19H18ClFN2O2/c20-15-5-7-16(8-6-15)22-19(25)14-11-18(24)23(12-14)10-9-13-3-1-2-4-17(13)21/h1-8,14H,9-12H2,(H,22,25). The summed E-state index contributed by atoms with van der Waals surface area (Å²) < 4.78 is 13.7. The molecule has 1 N–H and O–H groups in total. The number of halogens is 2. The Hall–Kier alpha value is -2.40. The van der Waals surface area contributed by atoms with Gasteiger partial charge in [-0.25, -0.2) is 4.39 Å². The molecule has 1 heterocycles. The zero-order valence-corrected chi connectivity index (χ0v) is 14.3. The second-order valence-corrected chi connectivity index (χ2v) is 6.51. The summed E-state index contributed by atoms with van der Waals surface area (Å²) in [7, 11) is 0. The first-order valence-corrected chi connectivity index (χ1v) is 8.48. The summed E-state index contributed by atoms with van der Waals surface area (Å²) >= 11 is 5.82. The summed E-state index contributed by atoms with van der Waals surface area (Å²) in [4.78, 5) is 26.1. The van der Waals surface area contributed by atoms with E-state index in [9.17, 15) is 14.0 Å². The monoisotopic (exact) mass is 360 g/mol. The van der Waals surface area contributed by atoms with Crippen LogP contribution in [-0.4, -0.2) is 29.8 Å². The number of carbonyl (C=O) groups is 2. The van der Waals surface area contributed by atoms with Gasteiger partial charge < -0.3 is 10.2 Å². The number of carbonyl (C=O) groups excluding carboxylic acids is 2. The third kappa shape index (κ3) is 4.37. The van der Waals surface area contributed by atoms with Crippen molar-refractivity contribution in [3.63, 3.8) is 0 Å². The molecule has 0 saturated carbocycles. The second-order valence-electron chi connectivity index (χ2n) is 6.08. The first-order chi connectivity index (χ1) is 12.0. The van der Waals surface area contributed by atoms with Crippen LogP contribution in [0.15, 0.2) is 48.5 Å². The average molecular weight is 361 g/mol. The molecule has 1 unspecified atom stereocenters. The van der Waals surface area contributed by atoms with Crippen molar-refractivity contribution in [2.75, 3.05) is 18.4 Å². The number of hydrogen-bond acceptors (Lipinski definition) is 2. The fourth-order valence-corrected chi connectivity index (χ4v) is 3.02. The molecular weight excluding hydrogens is 343 g/mol. The summed E-state index contributed by atoms with van der Waals surface area (Å²) in [6.07, 6.45) is 0.612. The van der Waals surface area contributed by atoms with Crippen molar-refractivity contribution >= 4 is 29.1 Å². The van der Waals surface area contributed by atoms with Gasteiger partial charge in [0.15, 0.2) is 0 Å². The van der Waals surface area contributed by atoms with E-state index in [-0.39, 0.29) is 24.1 Å². The maximum absolute atomic E-state index is 13.7. The molecule has 1 saturated heterocycles. The maximum atomic E-state index is 13.7. The van der Waals surface area contributed by atoms with Crippen LogP contribution in [0.2, 0.25) is 5.02 Å². The molecule has 0 bridgehead atoms. The highest BCUT2D eigenvalue weighted by Gasteiger charge is 2.34. The molecule has 0 radical (unpaired) electrons. The SMILES string of the molecule is O=C(Nc1ccc(Cl)cc1)C1CC(=O)N(CCc2ccccc2F)C1. The Morgan fingerprint density at radius 2 is 1.92 bits per heavy atom. The molecule has 25 heavy (non-hydrogen) atoms. The molecular formula is C19H18ClFN2O2. The van der Waals surface area contributed by atoms with Gasteiger partial charge >= 0.3 is 0 Å². The van der Waals surface area contributed by atoms with Crippen molar-refractivity contribution in [1.82, 2.24) is 4.90 Å². The number of nitrogens with zero attached hydrogens (tertiary/aromatic N) is 1. The Bertz CT molecular complexity index is 779.